The van der Waals surface area contributed by atoms with Gasteiger partial charge in [0.05, 0.1) is 37.3 Å². The monoisotopic (exact) mass is 427 g/mol. The second-order valence-electron chi connectivity index (χ2n) is 7.65. The number of hydrogen-bond donors (Lipinski definition) is 0. The predicted octanol–water partition coefficient (Wildman–Crippen LogP) is 4.79. The average molecular weight is 427 g/mol. The molecule has 1 aliphatic heterocycles. The number of benzene rings is 2. The molecule has 4 aromatic rings. The number of halogens is 1. The highest BCUT2D eigenvalue weighted by Gasteiger charge is 2.21. The van der Waals surface area contributed by atoms with E-state index in [4.69, 9.17) is 9.72 Å². The van der Waals surface area contributed by atoms with Crippen molar-refractivity contribution < 1.29 is 9.13 Å². The smallest absolute Gasteiger partial charge is 0.174 e. The predicted molar refractivity (Wildman–Crippen MR) is 121 cm³/mol. The van der Waals surface area contributed by atoms with Crippen molar-refractivity contribution in [2.24, 2.45) is 0 Å². The van der Waals surface area contributed by atoms with Crippen LogP contribution in [0.2, 0.25) is 0 Å². The van der Waals surface area contributed by atoms with Gasteiger partial charge in [0, 0.05) is 6.20 Å². The number of allylic oxidation sites excluding steroid dienone is 2. The maximum atomic E-state index is 13.3. The van der Waals surface area contributed by atoms with Gasteiger partial charge in [-0.2, -0.15) is 5.10 Å². The van der Waals surface area contributed by atoms with E-state index in [1.807, 2.05) is 52.7 Å². The number of rotatable bonds is 5. The SMILES string of the molecule is COc1cc(C=Cc2nc3n(n2)CC=CC3c2ccc(F)cc2)ccc1-n1cnc(C)c1. The van der Waals surface area contributed by atoms with Gasteiger partial charge in [-0.1, -0.05) is 36.4 Å². The molecule has 160 valence electrons. The van der Waals surface area contributed by atoms with E-state index in [9.17, 15) is 4.39 Å². The Bertz CT molecular complexity index is 1320. The van der Waals surface area contributed by atoms with Gasteiger partial charge in [-0.3, -0.25) is 0 Å². The van der Waals surface area contributed by atoms with Crippen LogP contribution in [0.4, 0.5) is 4.39 Å². The van der Waals surface area contributed by atoms with Crippen molar-refractivity contribution in [3.05, 3.63) is 101 Å². The molecule has 0 radical (unpaired) electrons. The van der Waals surface area contributed by atoms with Crippen molar-refractivity contribution >= 4 is 12.2 Å². The van der Waals surface area contributed by atoms with Crippen molar-refractivity contribution in [1.82, 2.24) is 24.3 Å². The largest absolute Gasteiger partial charge is 0.495 e. The van der Waals surface area contributed by atoms with Crippen molar-refractivity contribution in [3.8, 4) is 11.4 Å². The topological polar surface area (TPSA) is 57.8 Å². The summed E-state index contributed by atoms with van der Waals surface area (Å²) in [6.07, 6.45) is 11.7. The molecule has 2 aromatic carbocycles. The lowest BCUT2D eigenvalue weighted by molar-refractivity contribution is 0.413. The molecule has 0 saturated carbocycles. The van der Waals surface area contributed by atoms with Crippen LogP contribution < -0.4 is 4.74 Å². The van der Waals surface area contributed by atoms with Gasteiger partial charge >= 0.3 is 0 Å². The van der Waals surface area contributed by atoms with Gasteiger partial charge in [0.1, 0.15) is 17.4 Å². The third kappa shape index (κ3) is 3.85. The van der Waals surface area contributed by atoms with Crippen LogP contribution >= 0.6 is 0 Å². The van der Waals surface area contributed by atoms with Crippen LogP contribution in [0.1, 0.15) is 34.4 Å². The Balaban J connectivity index is 1.40. The molecule has 1 atom stereocenters. The maximum Gasteiger partial charge on any atom is 0.174 e. The Labute approximate surface area is 185 Å². The van der Waals surface area contributed by atoms with E-state index >= 15 is 0 Å². The molecule has 2 aromatic heterocycles. The number of hydrogen-bond acceptors (Lipinski definition) is 4. The minimum atomic E-state index is -0.247. The van der Waals surface area contributed by atoms with Crippen molar-refractivity contribution in [1.29, 1.82) is 0 Å². The molecule has 0 fully saturated rings. The zero-order valence-corrected chi connectivity index (χ0v) is 17.8. The third-order valence-corrected chi connectivity index (χ3v) is 5.45. The zero-order chi connectivity index (χ0) is 22.1. The van der Waals surface area contributed by atoms with Crippen LogP contribution in [0.25, 0.3) is 17.8 Å². The lowest BCUT2D eigenvalue weighted by Crippen LogP contribution is -2.13. The van der Waals surface area contributed by atoms with Crippen LogP contribution in [0.5, 0.6) is 5.75 Å². The number of methoxy groups -OCH3 is 1. The molecule has 32 heavy (non-hydrogen) atoms. The fraction of sp³-hybridized carbons (Fsp3) is 0.160. The lowest BCUT2D eigenvalue weighted by Gasteiger charge is -2.17. The Kier molecular flexibility index (Phi) is 5.15. The van der Waals surface area contributed by atoms with Gasteiger partial charge in [-0.25, -0.2) is 19.0 Å². The van der Waals surface area contributed by atoms with Crippen molar-refractivity contribution in [2.45, 2.75) is 19.4 Å². The van der Waals surface area contributed by atoms with E-state index in [0.29, 0.717) is 12.4 Å². The first-order valence-electron chi connectivity index (χ1n) is 10.3. The number of imidazole rings is 1. The summed E-state index contributed by atoms with van der Waals surface area (Å²) >= 11 is 0. The molecule has 0 amide bonds. The van der Waals surface area contributed by atoms with Gasteiger partial charge in [-0.05, 0) is 48.4 Å². The van der Waals surface area contributed by atoms with Crippen LogP contribution in [-0.2, 0) is 6.54 Å². The van der Waals surface area contributed by atoms with E-state index in [1.165, 1.54) is 12.1 Å². The van der Waals surface area contributed by atoms with Crippen LogP contribution in [0.15, 0.2) is 67.1 Å². The second-order valence-corrected chi connectivity index (χ2v) is 7.65. The van der Waals surface area contributed by atoms with E-state index in [0.717, 1.165) is 34.1 Å². The number of aromatic nitrogens is 5. The summed E-state index contributed by atoms with van der Waals surface area (Å²) in [5, 5.41) is 4.62. The summed E-state index contributed by atoms with van der Waals surface area (Å²) in [4.78, 5) is 9.01. The van der Waals surface area contributed by atoms with Crippen molar-refractivity contribution in [2.75, 3.05) is 7.11 Å². The molecule has 7 heteroatoms. The highest BCUT2D eigenvalue weighted by molar-refractivity contribution is 5.69. The number of nitrogens with zero attached hydrogens (tertiary/aromatic N) is 5. The second kappa shape index (κ2) is 8.26. The van der Waals surface area contributed by atoms with Gasteiger partial charge in [0.15, 0.2) is 5.82 Å². The fourth-order valence-corrected chi connectivity index (χ4v) is 3.86. The number of fused-ring (bicyclic) bond motifs is 1. The summed E-state index contributed by atoms with van der Waals surface area (Å²) < 4.78 is 22.7. The molecular weight excluding hydrogens is 405 g/mol. The molecule has 6 nitrogen and oxygen atoms in total. The average Bonchev–Trinajstić information content (AvgIpc) is 3.43. The third-order valence-electron chi connectivity index (χ3n) is 5.45. The highest BCUT2D eigenvalue weighted by Crippen LogP contribution is 2.29. The molecule has 5 rings (SSSR count). The summed E-state index contributed by atoms with van der Waals surface area (Å²) in [5.74, 6) is 1.94. The molecule has 1 aliphatic rings. The lowest BCUT2D eigenvalue weighted by atomic mass is 9.96. The standard InChI is InChI=1S/C25H22FN5O/c1-17-15-30(16-27-17)22-11-5-18(14-23(22)32-2)6-12-24-28-25-21(4-3-13-31(25)29-24)19-7-9-20(26)10-8-19/h3-12,14-16,21H,13H2,1-2H3. The van der Waals surface area contributed by atoms with Crippen LogP contribution in [0.3, 0.4) is 0 Å². The molecule has 0 spiro atoms. The zero-order valence-electron chi connectivity index (χ0n) is 17.8. The summed E-state index contributed by atoms with van der Waals surface area (Å²) in [6, 6.07) is 12.5. The van der Waals surface area contributed by atoms with Gasteiger partial charge in [-0.15, -0.1) is 0 Å². The van der Waals surface area contributed by atoms with Gasteiger partial charge < -0.3 is 9.30 Å². The Hall–Kier alpha value is -4.00. The molecular formula is C25H22FN5O. The van der Waals surface area contributed by atoms with E-state index in [2.05, 4.69) is 22.2 Å². The quantitative estimate of drug-likeness (QED) is 0.430. The van der Waals surface area contributed by atoms with Crippen LogP contribution in [-0.4, -0.2) is 31.4 Å². The van der Waals surface area contributed by atoms with Gasteiger partial charge in [0.2, 0.25) is 0 Å². The molecule has 3 heterocycles. The van der Waals surface area contributed by atoms with Crippen molar-refractivity contribution in [3.63, 3.8) is 0 Å². The number of aryl methyl sites for hydroxylation is 1. The van der Waals surface area contributed by atoms with E-state index in [-0.39, 0.29) is 11.7 Å². The molecule has 1 unspecified atom stereocenters. The summed E-state index contributed by atoms with van der Waals surface area (Å²) in [6.45, 7) is 2.62. The van der Waals surface area contributed by atoms with Crippen LogP contribution in [0, 0.1) is 12.7 Å². The number of ether oxygens (including phenoxy) is 1. The van der Waals surface area contributed by atoms with E-state index < -0.39 is 0 Å². The normalized spacial score (nSPS) is 15.3. The first-order valence-corrected chi connectivity index (χ1v) is 10.3. The summed E-state index contributed by atoms with van der Waals surface area (Å²) in [5.41, 5.74) is 3.83. The minimum Gasteiger partial charge on any atom is -0.495 e. The van der Waals surface area contributed by atoms with Gasteiger partial charge in [0.25, 0.3) is 0 Å². The first-order chi connectivity index (χ1) is 15.6. The Morgan fingerprint density at radius 2 is 1.97 bits per heavy atom. The molecule has 0 aliphatic carbocycles. The Morgan fingerprint density at radius 1 is 1.12 bits per heavy atom. The summed E-state index contributed by atoms with van der Waals surface area (Å²) in [7, 11) is 1.66. The highest BCUT2D eigenvalue weighted by atomic mass is 19.1. The molecule has 0 saturated heterocycles. The molecule has 0 bridgehead atoms. The molecule has 0 N–H and O–H groups in total. The fourth-order valence-electron chi connectivity index (χ4n) is 3.86. The maximum absolute atomic E-state index is 13.3. The van der Waals surface area contributed by atoms with E-state index in [1.54, 1.807) is 25.6 Å². The first kappa shape index (κ1) is 19.9. The minimum absolute atomic E-state index is 0.0444. The Morgan fingerprint density at radius 3 is 2.72 bits per heavy atom.